The number of anilines is 4. The zero-order valence-corrected chi connectivity index (χ0v) is 24.8. The van der Waals surface area contributed by atoms with E-state index in [0.717, 1.165) is 16.5 Å². The van der Waals surface area contributed by atoms with Crippen LogP contribution >= 0.6 is 0 Å². The molecule has 0 radical (unpaired) electrons. The average molecular weight is 571 g/mol. The maximum Gasteiger partial charge on any atom is 0.227 e. The van der Waals surface area contributed by atoms with Crippen LogP contribution in [-0.2, 0) is 9.84 Å². The summed E-state index contributed by atoms with van der Waals surface area (Å²) in [5, 5.41) is 15.6. The summed E-state index contributed by atoms with van der Waals surface area (Å²) in [6, 6.07) is 8.14. The molecule has 11 heteroatoms. The maximum absolute atomic E-state index is 14.5. The quantitative estimate of drug-likeness (QED) is 0.429. The van der Waals surface area contributed by atoms with Gasteiger partial charge in [-0.05, 0) is 42.0 Å². The molecule has 0 saturated carbocycles. The number of hydrogen-bond donors (Lipinski definition) is 2. The number of sulfone groups is 1. The number of pyridine rings is 1. The Bertz CT molecular complexity index is 1510. The van der Waals surface area contributed by atoms with Crippen molar-refractivity contribution >= 4 is 43.9 Å². The smallest absolute Gasteiger partial charge is 0.227 e. The molecule has 2 saturated heterocycles. The molecule has 2 N–H and O–H groups in total. The van der Waals surface area contributed by atoms with Gasteiger partial charge in [-0.2, -0.15) is 4.98 Å². The number of aromatic nitrogens is 3. The van der Waals surface area contributed by atoms with Gasteiger partial charge in [0, 0.05) is 60.2 Å². The predicted molar refractivity (Wildman–Crippen MR) is 158 cm³/mol. The number of nitrogens with zero attached hydrogens (tertiary/aromatic N) is 5. The van der Waals surface area contributed by atoms with E-state index >= 15 is 0 Å². The van der Waals surface area contributed by atoms with Gasteiger partial charge < -0.3 is 20.2 Å². The van der Waals surface area contributed by atoms with Gasteiger partial charge in [-0.25, -0.2) is 22.8 Å². The molecule has 40 heavy (non-hydrogen) atoms. The number of piperidine rings is 1. The standard InChI is InChI=1S/C29H39FN6O3S/c1-17(2)20-7-8-24(36-13-19(18(36)3)15-40(6,38)39)22-12-32-26(11-21(20)22)33-25-9-10-31-28(34-25)35-14-23(30)27(37)29(4,5)16-35/h7-12,17-19,23,27,37H,13-16H2,1-6H3,(H,31,32,33,34)/t18-,19-,23-,27-/m0/s1. The van der Waals surface area contributed by atoms with Crippen LogP contribution in [0.15, 0.2) is 36.7 Å². The fourth-order valence-corrected chi connectivity index (χ4v) is 7.12. The van der Waals surface area contributed by atoms with Gasteiger partial charge in [0.2, 0.25) is 5.95 Å². The lowest BCUT2D eigenvalue weighted by Gasteiger charge is -2.48. The molecule has 0 aliphatic carbocycles. The Balaban J connectivity index is 1.42. The Morgan fingerprint density at radius 3 is 2.55 bits per heavy atom. The number of aliphatic hydroxyl groups excluding tert-OH is 1. The summed E-state index contributed by atoms with van der Waals surface area (Å²) in [4.78, 5) is 17.7. The van der Waals surface area contributed by atoms with Gasteiger partial charge in [0.05, 0.1) is 18.4 Å². The fraction of sp³-hybridized carbons (Fsp3) is 0.552. The molecular formula is C29H39FN6O3S. The first-order valence-electron chi connectivity index (χ1n) is 13.8. The van der Waals surface area contributed by atoms with Gasteiger partial charge in [0.1, 0.15) is 27.6 Å². The Kier molecular flexibility index (Phi) is 7.41. The third-order valence-corrected chi connectivity index (χ3v) is 9.32. The highest BCUT2D eigenvalue weighted by molar-refractivity contribution is 7.90. The first-order chi connectivity index (χ1) is 18.7. The predicted octanol–water partition coefficient (Wildman–Crippen LogP) is 4.31. The zero-order chi connectivity index (χ0) is 29.0. The third kappa shape index (κ3) is 5.58. The molecule has 4 atom stereocenters. The minimum Gasteiger partial charge on any atom is -0.389 e. The second-order valence-electron chi connectivity index (χ2n) is 12.4. The first-order valence-corrected chi connectivity index (χ1v) is 15.8. The Morgan fingerprint density at radius 1 is 1.15 bits per heavy atom. The van der Waals surface area contributed by atoms with E-state index in [-0.39, 0.29) is 30.2 Å². The van der Waals surface area contributed by atoms with Crippen LogP contribution < -0.4 is 15.1 Å². The number of hydrogen-bond acceptors (Lipinski definition) is 9. The fourth-order valence-electron chi connectivity index (χ4n) is 5.96. The lowest BCUT2D eigenvalue weighted by molar-refractivity contribution is -0.0257. The van der Waals surface area contributed by atoms with Crippen LogP contribution in [0.25, 0.3) is 10.8 Å². The number of nitrogens with one attached hydrogen (secondary N) is 1. The minimum atomic E-state index is -3.03. The van der Waals surface area contributed by atoms with Crippen molar-refractivity contribution < 1.29 is 17.9 Å². The van der Waals surface area contributed by atoms with Crippen molar-refractivity contribution in [2.75, 3.05) is 46.8 Å². The summed E-state index contributed by atoms with van der Waals surface area (Å²) in [6.07, 6.45) is 2.37. The molecule has 5 rings (SSSR count). The van der Waals surface area contributed by atoms with Crippen molar-refractivity contribution in [1.82, 2.24) is 15.0 Å². The van der Waals surface area contributed by atoms with Gasteiger partial charge in [-0.1, -0.05) is 33.8 Å². The average Bonchev–Trinajstić information content (AvgIpc) is 2.88. The van der Waals surface area contributed by atoms with Crippen molar-refractivity contribution in [3.63, 3.8) is 0 Å². The summed E-state index contributed by atoms with van der Waals surface area (Å²) in [5.41, 5.74) is 1.61. The van der Waals surface area contributed by atoms with Crippen LogP contribution in [0, 0.1) is 11.3 Å². The van der Waals surface area contributed by atoms with Gasteiger partial charge in [-0.15, -0.1) is 0 Å². The van der Waals surface area contributed by atoms with Crippen molar-refractivity contribution in [3.8, 4) is 0 Å². The van der Waals surface area contributed by atoms with E-state index in [1.165, 1.54) is 11.8 Å². The largest absolute Gasteiger partial charge is 0.389 e. The van der Waals surface area contributed by atoms with Crippen molar-refractivity contribution in [2.24, 2.45) is 11.3 Å². The zero-order valence-electron chi connectivity index (χ0n) is 24.0. The van der Waals surface area contributed by atoms with Gasteiger partial charge in [0.25, 0.3) is 0 Å². The Hall–Kier alpha value is -3.05. The summed E-state index contributed by atoms with van der Waals surface area (Å²) >= 11 is 0. The lowest BCUT2D eigenvalue weighted by Crippen LogP contribution is -2.57. The lowest BCUT2D eigenvalue weighted by atomic mass is 9.80. The molecule has 216 valence electrons. The molecule has 4 heterocycles. The minimum absolute atomic E-state index is 0.0305. The van der Waals surface area contributed by atoms with Gasteiger partial charge in [0.15, 0.2) is 0 Å². The highest BCUT2D eigenvalue weighted by Crippen LogP contribution is 2.40. The summed E-state index contributed by atoms with van der Waals surface area (Å²) in [7, 11) is -3.03. The van der Waals surface area contributed by atoms with E-state index in [9.17, 15) is 17.9 Å². The monoisotopic (exact) mass is 570 g/mol. The second-order valence-corrected chi connectivity index (χ2v) is 14.6. The van der Waals surface area contributed by atoms with Crippen LogP contribution in [0.2, 0.25) is 0 Å². The number of benzene rings is 1. The van der Waals surface area contributed by atoms with E-state index in [1.807, 2.05) is 26.1 Å². The number of halogens is 1. The molecule has 2 aliphatic rings. The van der Waals surface area contributed by atoms with E-state index in [2.05, 4.69) is 53.1 Å². The molecule has 2 fully saturated rings. The SMILES string of the molecule is CC(C)c1ccc(N2C[C@@H](CS(C)(=O)=O)[C@@H]2C)c2cnc(Nc3ccnc(N4C[C@H](F)[C@H](O)C(C)(C)C4)n3)cc12. The number of rotatable bonds is 7. The van der Waals surface area contributed by atoms with Crippen LogP contribution in [0.1, 0.15) is 46.1 Å². The summed E-state index contributed by atoms with van der Waals surface area (Å²) in [6.45, 7) is 11.2. The molecule has 0 amide bonds. The van der Waals surface area contributed by atoms with Crippen molar-refractivity contribution in [3.05, 3.63) is 42.2 Å². The first kappa shape index (κ1) is 28.5. The summed E-state index contributed by atoms with van der Waals surface area (Å²) < 4.78 is 38.2. The molecule has 2 aromatic heterocycles. The number of aliphatic hydroxyl groups is 1. The van der Waals surface area contributed by atoms with E-state index in [1.54, 1.807) is 17.2 Å². The van der Waals surface area contributed by atoms with E-state index < -0.39 is 27.5 Å². The van der Waals surface area contributed by atoms with Crippen LogP contribution in [0.3, 0.4) is 0 Å². The highest BCUT2D eigenvalue weighted by Gasteiger charge is 2.42. The van der Waals surface area contributed by atoms with Crippen LogP contribution in [0.5, 0.6) is 0 Å². The third-order valence-electron chi connectivity index (χ3n) is 8.28. The molecule has 0 unspecified atom stereocenters. The van der Waals surface area contributed by atoms with E-state index in [4.69, 9.17) is 4.98 Å². The number of alkyl halides is 1. The molecule has 0 spiro atoms. The molecule has 3 aromatic rings. The van der Waals surface area contributed by atoms with Crippen LogP contribution in [-0.4, -0.2) is 78.4 Å². The maximum atomic E-state index is 14.5. The number of fused-ring (bicyclic) bond motifs is 1. The molecule has 9 nitrogen and oxygen atoms in total. The van der Waals surface area contributed by atoms with Crippen molar-refractivity contribution in [2.45, 2.75) is 58.9 Å². The Labute approximate surface area is 235 Å². The molecule has 2 aliphatic heterocycles. The molecule has 0 bridgehead atoms. The summed E-state index contributed by atoms with van der Waals surface area (Å²) in [5.74, 6) is 2.15. The van der Waals surface area contributed by atoms with Crippen LogP contribution in [0.4, 0.5) is 27.7 Å². The topological polar surface area (TPSA) is 112 Å². The normalized spacial score (nSPS) is 24.8. The highest BCUT2D eigenvalue weighted by atomic mass is 32.2. The van der Waals surface area contributed by atoms with Gasteiger partial charge >= 0.3 is 0 Å². The Morgan fingerprint density at radius 2 is 1.90 bits per heavy atom. The van der Waals surface area contributed by atoms with Crippen molar-refractivity contribution in [1.29, 1.82) is 0 Å². The molecule has 1 aromatic carbocycles. The van der Waals surface area contributed by atoms with Gasteiger partial charge in [-0.3, -0.25) is 0 Å². The molecular weight excluding hydrogens is 531 g/mol. The second kappa shape index (κ2) is 10.4. The van der Waals surface area contributed by atoms with E-state index in [0.29, 0.717) is 30.7 Å².